The van der Waals surface area contributed by atoms with Crippen molar-refractivity contribution in [1.82, 2.24) is 15.5 Å². The molecule has 3 N–H and O–H groups in total. The van der Waals surface area contributed by atoms with E-state index in [4.69, 9.17) is 0 Å². The number of nitrogens with zero attached hydrogens (tertiary/aromatic N) is 1. The van der Waals surface area contributed by atoms with Gasteiger partial charge in [-0.3, -0.25) is 14.5 Å². The lowest BCUT2D eigenvalue weighted by molar-refractivity contribution is -0.183. The van der Waals surface area contributed by atoms with E-state index in [1.807, 2.05) is 0 Å². The van der Waals surface area contributed by atoms with Crippen molar-refractivity contribution in [2.45, 2.75) is 19.1 Å². The fourth-order valence-electron chi connectivity index (χ4n) is 2.65. The van der Waals surface area contributed by atoms with Crippen LogP contribution in [0.15, 0.2) is 24.3 Å². The minimum absolute atomic E-state index is 0.232. The van der Waals surface area contributed by atoms with Crippen LogP contribution >= 0.6 is 0 Å². The first-order valence-electron chi connectivity index (χ1n) is 7.94. The number of nitrogens with one attached hydrogen (secondary N) is 3. The first-order chi connectivity index (χ1) is 11.8. The number of anilines is 1. The molecular formula is C16H21F3N4O2. The zero-order valence-electron chi connectivity index (χ0n) is 13.8. The van der Waals surface area contributed by atoms with E-state index < -0.39 is 24.7 Å². The monoisotopic (exact) mass is 358 g/mol. The van der Waals surface area contributed by atoms with Crippen LogP contribution in [0.5, 0.6) is 0 Å². The predicted molar refractivity (Wildman–Crippen MR) is 87.4 cm³/mol. The second-order valence-corrected chi connectivity index (χ2v) is 5.81. The molecule has 25 heavy (non-hydrogen) atoms. The van der Waals surface area contributed by atoms with E-state index in [1.165, 1.54) is 36.1 Å². The molecule has 0 saturated carbocycles. The van der Waals surface area contributed by atoms with E-state index in [-0.39, 0.29) is 24.6 Å². The summed E-state index contributed by atoms with van der Waals surface area (Å²) >= 11 is 0. The average molecular weight is 358 g/mol. The van der Waals surface area contributed by atoms with E-state index >= 15 is 0 Å². The molecule has 1 saturated heterocycles. The topological polar surface area (TPSA) is 73.5 Å². The number of amides is 2. The maximum atomic E-state index is 13.3. The van der Waals surface area contributed by atoms with Crippen LogP contribution in [0, 0.1) is 0 Å². The van der Waals surface area contributed by atoms with Crippen LogP contribution in [0.25, 0.3) is 0 Å². The molecule has 1 aromatic carbocycles. The van der Waals surface area contributed by atoms with Crippen LogP contribution in [-0.2, 0) is 4.79 Å². The molecular weight excluding hydrogens is 337 g/mol. The molecule has 9 heteroatoms. The molecule has 1 atom stereocenters. The molecule has 0 aromatic heterocycles. The van der Waals surface area contributed by atoms with Crippen molar-refractivity contribution >= 4 is 17.5 Å². The number of halogens is 3. The van der Waals surface area contributed by atoms with E-state index in [1.54, 1.807) is 0 Å². The fourth-order valence-corrected chi connectivity index (χ4v) is 2.65. The summed E-state index contributed by atoms with van der Waals surface area (Å²) in [6, 6.07) is 4.24. The Morgan fingerprint density at radius 1 is 1.20 bits per heavy atom. The van der Waals surface area contributed by atoms with Gasteiger partial charge in [-0.2, -0.15) is 13.2 Å². The Balaban J connectivity index is 1.97. The quantitative estimate of drug-likeness (QED) is 0.740. The van der Waals surface area contributed by atoms with Crippen LogP contribution in [0.3, 0.4) is 0 Å². The highest BCUT2D eigenvalue weighted by Gasteiger charge is 2.43. The summed E-state index contributed by atoms with van der Waals surface area (Å²) in [6.45, 7) is 2.40. The molecule has 0 aliphatic carbocycles. The van der Waals surface area contributed by atoms with Gasteiger partial charge in [-0.15, -0.1) is 0 Å². The van der Waals surface area contributed by atoms with E-state index in [0.29, 0.717) is 18.8 Å². The summed E-state index contributed by atoms with van der Waals surface area (Å²) < 4.78 is 39.8. The SMILES string of the molecule is CC(=O)Nc1ccc(C(=O)NCC(N2CCNCC2)C(F)(F)F)cc1. The third-order valence-corrected chi connectivity index (χ3v) is 3.89. The number of hydrogen-bond acceptors (Lipinski definition) is 4. The molecule has 1 unspecified atom stereocenters. The first kappa shape index (κ1) is 19.2. The molecule has 1 aliphatic heterocycles. The lowest BCUT2D eigenvalue weighted by Gasteiger charge is -2.35. The molecule has 2 amide bonds. The van der Waals surface area contributed by atoms with Crippen LogP contribution in [0.4, 0.5) is 18.9 Å². The summed E-state index contributed by atoms with van der Waals surface area (Å²) in [6.07, 6.45) is -4.42. The molecule has 1 aliphatic rings. The summed E-state index contributed by atoms with van der Waals surface area (Å²) in [5.41, 5.74) is 0.744. The van der Waals surface area contributed by atoms with Crippen molar-refractivity contribution in [2.75, 3.05) is 38.0 Å². The number of rotatable bonds is 5. The fraction of sp³-hybridized carbons (Fsp3) is 0.500. The third-order valence-electron chi connectivity index (χ3n) is 3.89. The van der Waals surface area contributed by atoms with Gasteiger partial charge in [0.1, 0.15) is 6.04 Å². The van der Waals surface area contributed by atoms with Crippen molar-refractivity contribution in [3.63, 3.8) is 0 Å². The Labute approximate surface area is 143 Å². The average Bonchev–Trinajstić information content (AvgIpc) is 2.54. The first-order valence-corrected chi connectivity index (χ1v) is 7.94. The molecule has 2 rings (SSSR count). The van der Waals surface area contributed by atoms with Crippen molar-refractivity contribution in [3.05, 3.63) is 29.8 Å². The van der Waals surface area contributed by atoms with Crippen molar-refractivity contribution in [3.8, 4) is 0 Å². The number of piperazine rings is 1. The lowest BCUT2D eigenvalue weighted by atomic mass is 10.1. The van der Waals surface area contributed by atoms with Crippen molar-refractivity contribution < 1.29 is 22.8 Å². The molecule has 138 valence electrons. The molecule has 0 bridgehead atoms. The van der Waals surface area contributed by atoms with Crippen molar-refractivity contribution in [2.24, 2.45) is 0 Å². The van der Waals surface area contributed by atoms with Gasteiger partial charge in [0.05, 0.1) is 0 Å². The van der Waals surface area contributed by atoms with Gasteiger partial charge in [-0.25, -0.2) is 0 Å². The number of carbonyl (C=O) groups excluding carboxylic acids is 2. The molecule has 6 nitrogen and oxygen atoms in total. The third kappa shape index (κ3) is 5.71. The van der Waals surface area contributed by atoms with Crippen LogP contribution in [0.1, 0.15) is 17.3 Å². The zero-order chi connectivity index (χ0) is 18.4. The number of hydrogen-bond donors (Lipinski definition) is 3. The molecule has 1 heterocycles. The van der Waals surface area contributed by atoms with Gasteiger partial charge < -0.3 is 16.0 Å². The minimum atomic E-state index is -4.42. The highest BCUT2D eigenvalue weighted by molar-refractivity contribution is 5.95. The van der Waals surface area contributed by atoms with Gasteiger partial charge in [-0.05, 0) is 24.3 Å². The Bertz CT molecular complexity index is 598. The second-order valence-electron chi connectivity index (χ2n) is 5.81. The van der Waals surface area contributed by atoms with Gasteiger partial charge >= 0.3 is 6.18 Å². The normalized spacial score (nSPS) is 17.0. The van der Waals surface area contributed by atoms with Gasteiger partial charge in [-0.1, -0.05) is 0 Å². The Morgan fingerprint density at radius 3 is 2.32 bits per heavy atom. The van der Waals surface area contributed by atoms with E-state index in [9.17, 15) is 22.8 Å². The summed E-state index contributed by atoms with van der Waals surface area (Å²) in [4.78, 5) is 24.4. The second kappa shape index (κ2) is 8.30. The maximum Gasteiger partial charge on any atom is 0.405 e. The van der Waals surface area contributed by atoms with Gasteiger partial charge in [0.2, 0.25) is 5.91 Å². The maximum absolute atomic E-state index is 13.3. The lowest BCUT2D eigenvalue weighted by Crippen LogP contribution is -2.57. The summed E-state index contributed by atoms with van der Waals surface area (Å²) in [5.74, 6) is -0.833. The summed E-state index contributed by atoms with van der Waals surface area (Å²) in [5, 5.41) is 7.91. The molecule has 0 spiro atoms. The summed E-state index contributed by atoms with van der Waals surface area (Å²) in [7, 11) is 0. The van der Waals surface area contributed by atoms with Crippen LogP contribution < -0.4 is 16.0 Å². The van der Waals surface area contributed by atoms with Crippen LogP contribution in [-0.4, -0.2) is 61.7 Å². The Hall–Kier alpha value is -2.13. The highest BCUT2D eigenvalue weighted by Crippen LogP contribution is 2.24. The highest BCUT2D eigenvalue weighted by atomic mass is 19.4. The van der Waals surface area contributed by atoms with E-state index in [2.05, 4.69) is 16.0 Å². The van der Waals surface area contributed by atoms with E-state index in [0.717, 1.165) is 0 Å². The van der Waals surface area contributed by atoms with Crippen LogP contribution in [0.2, 0.25) is 0 Å². The van der Waals surface area contributed by atoms with Crippen molar-refractivity contribution in [1.29, 1.82) is 0 Å². The molecule has 1 fully saturated rings. The molecule has 1 aromatic rings. The molecule has 0 radical (unpaired) electrons. The van der Waals surface area contributed by atoms with Gasteiger partial charge in [0.15, 0.2) is 0 Å². The van der Waals surface area contributed by atoms with Gasteiger partial charge in [0, 0.05) is 50.9 Å². The Morgan fingerprint density at radius 2 is 1.80 bits per heavy atom. The minimum Gasteiger partial charge on any atom is -0.350 e. The predicted octanol–water partition coefficient (Wildman–Crippen LogP) is 1.21. The standard InChI is InChI=1S/C16H21F3N4O2/c1-11(24)22-13-4-2-12(3-5-13)15(25)21-10-14(16(17,18)19)23-8-6-20-7-9-23/h2-5,14,20H,6-10H2,1H3,(H,21,25)(H,22,24). The number of benzene rings is 1. The Kier molecular flexibility index (Phi) is 6.38. The zero-order valence-corrected chi connectivity index (χ0v) is 13.8. The number of alkyl halides is 3. The smallest absolute Gasteiger partial charge is 0.350 e. The number of carbonyl (C=O) groups is 2. The largest absolute Gasteiger partial charge is 0.405 e. The van der Waals surface area contributed by atoms with Gasteiger partial charge in [0.25, 0.3) is 5.91 Å².